The van der Waals surface area contributed by atoms with Crippen LogP contribution in [0.15, 0.2) is 54.1 Å². The van der Waals surface area contributed by atoms with E-state index in [1.807, 2.05) is 56.3 Å². The molecule has 1 aromatic carbocycles. The van der Waals surface area contributed by atoms with Gasteiger partial charge < -0.3 is 9.47 Å². The van der Waals surface area contributed by atoms with Crippen LogP contribution in [0.5, 0.6) is 0 Å². The van der Waals surface area contributed by atoms with Crippen LogP contribution in [0.4, 0.5) is 0 Å². The van der Waals surface area contributed by atoms with Crippen molar-refractivity contribution >= 4 is 5.78 Å². The minimum atomic E-state index is -0.718. The summed E-state index contributed by atoms with van der Waals surface area (Å²) in [6.45, 7) is 5.01. The second kappa shape index (κ2) is 6.64. The summed E-state index contributed by atoms with van der Waals surface area (Å²) in [6, 6.07) is 9.28. The van der Waals surface area contributed by atoms with E-state index >= 15 is 0 Å². The molecule has 0 bridgehead atoms. The molecule has 1 aromatic rings. The fraction of sp³-hybridized carbons (Fsp3) is 0.353. The highest BCUT2D eigenvalue weighted by Crippen LogP contribution is 2.27. The second-order valence-corrected chi connectivity index (χ2v) is 4.57. The smallest absolute Gasteiger partial charge is 0.192 e. The highest BCUT2D eigenvalue weighted by molar-refractivity contribution is 6.10. The van der Waals surface area contributed by atoms with Crippen LogP contribution in [0.2, 0.25) is 0 Å². The average Bonchev–Trinajstić information content (AvgIpc) is 2.49. The van der Waals surface area contributed by atoms with Gasteiger partial charge in [-0.15, -0.1) is 0 Å². The summed E-state index contributed by atoms with van der Waals surface area (Å²) in [5.74, 6) is -0.687. The molecular weight excluding hydrogens is 252 g/mol. The number of hydrogen-bond acceptors (Lipinski definition) is 3. The molecule has 3 heteroatoms. The Balaban J connectivity index is 2.13. The molecule has 1 aliphatic carbocycles. The number of ether oxygens (including phenoxy) is 2. The van der Waals surface area contributed by atoms with Gasteiger partial charge in [-0.3, -0.25) is 4.79 Å². The molecule has 3 nitrogen and oxygen atoms in total. The Morgan fingerprint density at radius 2 is 1.80 bits per heavy atom. The molecule has 106 valence electrons. The van der Waals surface area contributed by atoms with Gasteiger partial charge in [-0.1, -0.05) is 42.5 Å². The number of ketones is 1. The Bertz CT molecular complexity index is 508. The average molecular weight is 272 g/mol. The fourth-order valence-electron chi connectivity index (χ4n) is 2.27. The third kappa shape index (κ3) is 3.24. The van der Waals surface area contributed by atoms with E-state index in [9.17, 15) is 4.79 Å². The predicted octanol–water partition coefficient (Wildman–Crippen LogP) is 3.52. The van der Waals surface area contributed by atoms with Crippen molar-refractivity contribution in [3.8, 4) is 0 Å². The summed E-state index contributed by atoms with van der Waals surface area (Å²) in [5, 5.41) is 0. The summed E-state index contributed by atoms with van der Waals surface area (Å²) >= 11 is 0. The second-order valence-electron chi connectivity index (χ2n) is 4.57. The van der Waals surface area contributed by atoms with Crippen LogP contribution in [-0.2, 0) is 9.47 Å². The van der Waals surface area contributed by atoms with Crippen LogP contribution >= 0.6 is 0 Å². The molecule has 0 atom stereocenters. The van der Waals surface area contributed by atoms with E-state index in [1.54, 1.807) is 6.08 Å². The van der Waals surface area contributed by atoms with E-state index in [0.29, 0.717) is 30.8 Å². The molecule has 0 saturated carbocycles. The molecule has 0 N–H and O–H groups in total. The predicted molar refractivity (Wildman–Crippen MR) is 78.6 cm³/mol. The van der Waals surface area contributed by atoms with Crippen molar-refractivity contribution in [2.75, 3.05) is 13.2 Å². The van der Waals surface area contributed by atoms with Gasteiger partial charge in [-0.2, -0.15) is 0 Å². The first kappa shape index (κ1) is 14.7. The number of hydrogen-bond donors (Lipinski definition) is 0. The lowest BCUT2D eigenvalue weighted by Gasteiger charge is -2.31. The van der Waals surface area contributed by atoms with Crippen molar-refractivity contribution in [2.45, 2.75) is 26.1 Å². The van der Waals surface area contributed by atoms with Crippen molar-refractivity contribution in [1.29, 1.82) is 0 Å². The number of Topliss-reactive ketones (excluding diaryl/α,β-unsaturated/α-hetero) is 1. The highest BCUT2D eigenvalue weighted by Gasteiger charge is 2.30. The molecule has 0 heterocycles. The first-order valence-electron chi connectivity index (χ1n) is 6.98. The van der Waals surface area contributed by atoms with Gasteiger partial charge >= 0.3 is 0 Å². The number of carbonyl (C=O) groups excluding carboxylic acids is 1. The summed E-state index contributed by atoms with van der Waals surface area (Å²) in [5.41, 5.74) is 1.38. The van der Waals surface area contributed by atoms with E-state index in [0.717, 1.165) is 0 Å². The maximum atomic E-state index is 12.3. The minimum Gasteiger partial charge on any atom is -0.346 e. The van der Waals surface area contributed by atoms with Gasteiger partial charge in [0.25, 0.3) is 0 Å². The van der Waals surface area contributed by atoms with E-state index in [2.05, 4.69) is 0 Å². The fourth-order valence-corrected chi connectivity index (χ4v) is 2.27. The molecule has 20 heavy (non-hydrogen) atoms. The molecule has 0 spiro atoms. The summed E-state index contributed by atoms with van der Waals surface area (Å²) < 4.78 is 11.4. The Kier molecular flexibility index (Phi) is 4.88. The molecule has 0 saturated heterocycles. The number of rotatable bonds is 6. The van der Waals surface area contributed by atoms with Gasteiger partial charge in [0, 0.05) is 30.8 Å². The molecule has 0 unspecified atom stereocenters. The maximum Gasteiger partial charge on any atom is 0.192 e. The number of carbonyl (C=O) groups is 1. The summed E-state index contributed by atoms with van der Waals surface area (Å²) in [6.07, 6.45) is 6.08. The highest BCUT2D eigenvalue weighted by atomic mass is 16.7. The van der Waals surface area contributed by atoms with E-state index < -0.39 is 5.79 Å². The van der Waals surface area contributed by atoms with Gasteiger partial charge in [-0.25, -0.2) is 0 Å². The molecular formula is C17H20O3. The van der Waals surface area contributed by atoms with Crippen molar-refractivity contribution in [2.24, 2.45) is 0 Å². The summed E-state index contributed by atoms with van der Waals surface area (Å²) in [4.78, 5) is 12.3. The summed E-state index contributed by atoms with van der Waals surface area (Å²) in [7, 11) is 0. The molecule has 0 amide bonds. The lowest BCUT2D eigenvalue weighted by Crippen LogP contribution is -2.35. The lowest BCUT2D eigenvalue weighted by molar-refractivity contribution is -0.197. The molecule has 1 aliphatic rings. The Labute approximate surface area is 119 Å². The third-order valence-corrected chi connectivity index (χ3v) is 3.20. The molecule has 0 fully saturated rings. The number of benzene rings is 1. The van der Waals surface area contributed by atoms with Crippen molar-refractivity contribution in [1.82, 2.24) is 0 Å². The Morgan fingerprint density at radius 1 is 1.15 bits per heavy atom. The van der Waals surface area contributed by atoms with Gasteiger partial charge in [0.05, 0.1) is 0 Å². The first-order valence-corrected chi connectivity index (χ1v) is 6.98. The molecule has 2 rings (SSSR count). The quantitative estimate of drug-likeness (QED) is 0.587. The van der Waals surface area contributed by atoms with Gasteiger partial charge in [0.2, 0.25) is 0 Å². The normalized spacial score (nSPS) is 16.8. The zero-order valence-electron chi connectivity index (χ0n) is 12.0. The van der Waals surface area contributed by atoms with Crippen molar-refractivity contribution in [3.05, 3.63) is 59.7 Å². The van der Waals surface area contributed by atoms with Crippen LogP contribution in [-0.4, -0.2) is 24.8 Å². The van der Waals surface area contributed by atoms with Crippen molar-refractivity contribution in [3.63, 3.8) is 0 Å². The SMILES string of the molecule is CCOC1(OCC)C=CC(C(=O)c2ccccc2)=CC1. The van der Waals surface area contributed by atoms with Crippen molar-refractivity contribution < 1.29 is 14.3 Å². The van der Waals surface area contributed by atoms with E-state index in [4.69, 9.17) is 9.47 Å². The lowest BCUT2D eigenvalue weighted by atomic mass is 9.95. The number of allylic oxidation sites excluding steroid dienone is 2. The Morgan fingerprint density at radius 3 is 2.30 bits per heavy atom. The van der Waals surface area contributed by atoms with Gasteiger partial charge in [0.1, 0.15) is 0 Å². The van der Waals surface area contributed by atoms with Crippen LogP contribution in [0.1, 0.15) is 30.6 Å². The monoisotopic (exact) mass is 272 g/mol. The molecule has 0 aliphatic heterocycles. The first-order chi connectivity index (χ1) is 9.71. The third-order valence-electron chi connectivity index (χ3n) is 3.20. The standard InChI is InChI=1S/C17H20O3/c1-3-19-17(20-4-2)12-10-15(11-13-17)16(18)14-8-6-5-7-9-14/h5-12H,3-4,13H2,1-2H3. The van der Waals surface area contributed by atoms with Crippen LogP contribution in [0.25, 0.3) is 0 Å². The maximum absolute atomic E-state index is 12.3. The van der Waals surface area contributed by atoms with Crippen LogP contribution in [0.3, 0.4) is 0 Å². The van der Waals surface area contributed by atoms with E-state index in [-0.39, 0.29) is 5.78 Å². The largest absolute Gasteiger partial charge is 0.346 e. The Hall–Kier alpha value is -1.71. The zero-order chi connectivity index (χ0) is 14.4. The van der Waals surface area contributed by atoms with Gasteiger partial charge in [-0.05, 0) is 19.9 Å². The van der Waals surface area contributed by atoms with Gasteiger partial charge in [0.15, 0.2) is 11.6 Å². The topological polar surface area (TPSA) is 35.5 Å². The van der Waals surface area contributed by atoms with Crippen LogP contribution in [0, 0.1) is 0 Å². The van der Waals surface area contributed by atoms with E-state index in [1.165, 1.54) is 0 Å². The minimum absolute atomic E-state index is 0.0310. The molecule has 0 radical (unpaired) electrons. The zero-order valence-corrected chi connectivity index (χ0v) is 12.0. The van der Waals surface area contributed by atoms with Crippen LogP contribution < -0.4 is 0 Å². The molecule has 0 aromatic heterocycles.